The van der Waals surface area contributed by atoms with Crippen molar-refractivity contribution in [3.63, 3.8) is 0 Å². The van der Waals surface area contributed by atoms with Gasteiger partial charge in [-0.15, -0.1) is 11.3 Å². The highest BCUT2D eigenvalue weighted by Crippen LogP contribution is 2.24. The normalized spacial score (nSPS) is 18.3. The van der Waals surface area contributed by atoms with E-state index in [1.165, 1.54) is 11.3 Å². The molecule has 17 heavy (non-hydrogen) atoms. The summed E-state index contributed by atoms with van der Waals surface area (Å²) in [5.74, 6) is 0.0939. The predicted molar refractivity (Wildman–Crippen MR) is 71.9 cm³/mol. The van der Waals surface area contributed by atoms with E-state index in [-0.39, 0.29) is 5.91 Å². The van der Waals surface area contributed by atoms with Crippen molar-refractivity contribution in [2.75, 3.05) is 27.2 Å². The molecule has 1 fully saturated rings. The molecule has 0 N–H and O–H groups in total. The van der Waals surface area contributed by atoms with Gasteiger partial charge in [-0.05, 0) is 45.1 Å². The number of halogens is 1. The smallest absolute Gasteiger partial charge is 0.263 e. The Morgan fingerprint density at radius 1 is 1.47 bits per heavy atom. The van der Waals surface area contributed by atoms with Crippen LogP contribution in [0, 0.1) is 0 Å². The number of rotatable bonds is 2. The van der Waals surface area contributed by atoms with E-state index >= 15 is 0 Å². The molecule has 1 aromatic heterocycles. The predicted octanol–water partition coefficient (Wildman–Crippen LogP) is 2.57. The number of likely N-dealkylation sites (tertiary alicyclic amines) is 1. The molecule has 0 aliphatic carbocycles. The minimum atomic E-state index is 0.0939. The van der Waals surface area contributed by atoms with Crippen LogP contribution in [0.3, 0.4) is 0 Å². The standard InChI is InChI=1S/C12H17ClN2OS/c1-14-7-5-9(6-8-14)15(2)12(16)10-3-4-11(13)17-10/h3-4,9H,5-8H2,1-2H3. The minimum absolute atomic E-state index is 0.0939. The molecule has 94 valence electrons. The van der Waals surface area contributed by atoms with Crippen LogP contribution in [0.2, 0.25) is 4.34 Å². The van der Waals surface area contributed by atoms with Crippen molar-refractivity contribution in [2.45, 2.75) is 18.9 Å². The maximum Gasteiger partial charge on any atom is 0.263 e. The molecular weight excluding hydrogens is 256 g/mol. The van der Waals surface area contributed by atoms with E-state index in [1.807, 2.05) is 11.9 Å². The van der Waals surface area contributed by atoms with Crippen molar-refractivity contribution in [3.8, 4) is 0 Å². The average molecular weight is 273 g/mol. The zero-order valence-corrected chi connectivity index (χ0v) is 11.7. The molecule has 0 bridgehead atoms. The van der Waals surface area contributed by atoms with E-state index in [2.05, 4.69) is 11.9 Å². The SMILES string of the molecule is CN1CCC(N(C)C(=O)c2ccc(Cl)s2)CC1. The van der Waals surface area contributed by atoms with Crippen molar-refractivity contribution in [2.24, 2.45) is 0 Å². The Kier molecular flexibility index (Phi) is 4.07. The topological polar surface area (TPSA) is 23.6 Å². The molecule has 1 aliphatic rings. The number of thiophene rings is 1. The number of carbonyl (C=O) groups excluding carboxylic acids is 1. The van der Waals surface area contributed by atoms with E-state index in [4.69, 9.17) is 11.6 Å². The Hall–Kier alpha value is -0.580. The summed E-state index contributed by atoms with van der Waals surface area (Å²) in [5, 5.41) is 0. The first-order valence-corrected chi connectivity index (χ1v) is 6.98. The molecule has 1 amide bonds. The number of amides is 1. The summed E-state index contributed by atoms with van der Waals surface area (Å²) in [7, 11) is 4.02. The van der Waals surface area contributed by atoms with Gasteiger partial charge in [0.1, 0.15) is 0 Å². The van der Waals surface area contributed by atoms with Crippen LogP contribution in [-0.4, -0.2) is 48.9 Å². The molecule has 0 unspecified atom stereocenters. The second-order valence-corrected chi connectivity index (χ2v) is 6.27. The van der Waals surface area contributed by atoms with Crippen LogP contribution in [0.25, 0.3) is 0 Å². The zero-order chi connectivity index (χ0) is 12.4. The Morgan fingerprint density at radius 3 is 2.65 bits per heavy atom. The lowest BCUT2D eigenvalue weighted by atomic mass is 10.0. The second kappa shape index (κ2) is 5.38. The highest BCUT2D eigenvalue weighted by atomic mass is 35.5. The minimum Gasteiger partial charge on any atom is -0.338 e. The largest absolute Gasteiger partial charge is 0.338 e. The van der Waals surface area contributed by atoms with Gasteiger partial charge >= 0.3 is 0 Å². The fraction of sp³-hybridized carbons (Fsp3) is 0.583. The number of hydrogen-bond acceptors (Lipinski definition) is 3. The molecule has 0 saturated carbocycles. The Morgan fingerprint density at radius 2 is 2.12 bits per heavy atom. The van der Waals surface area contributed by atoms with E-state index in [0.717, 1.165) is 30.8 Å². The van der Waals surface area contributed by atoms with E-state index in [0.29, 0.717) is 10.4 Å². The third kappa shape index (κ3) is 3.00. The van der Waals surface area contributed by atoms with Gasteiger partial charge in [-0.3, -0.25) is 4.79 Å². The monoisotopic (exact) mass is 272 g/mol. The number of carbonyl (C=O) groups is 1. The van der Waals surface area contributed by atoms with Gasteiger partial charge in [0.25, 0.3) is 5.91 Å². The van der Waals surface area contributed by atoms with E-state index in [9.17, 15) is 4.79 Å². The van der Waals surface area contributed by atoms with Crippen LogP contribution >= 0.6 is 22.9 Å². The van der Waals surface area contributed by atoms with Gasteiger partial charge in [0, 0.05) is 13.1 Å². The van der Waals surface area contributed by atoms with Gasteiger partial charge in [-0.1, -0.05) is 11.6 Å². The molecule has 1 aliphatic heterocycles. The average Bonchev–Trinajstić information content (AvgIpc) is 2.75. The summed E-state index contributed by atoms with van der Waals surface area (Å²) in [4.78, 5) is 17.1. The number of nitrogens with zero attached hydrogens (tertiary/aromatic N) is 2. The molecule has 2 heterocycles. The van der Waals surface area contributed by atoms with Crippen LogP contribution in [0.4, 0.5) is 0 Å². The maximum absolute atomic E-state index is 12.2. The van der Waals surface area contributed by atoms with Gasteiger partial charge < -0.3 is 9.80 Å². The summed E-state index contributed by atoms with van der Waals surface area (Å²) in [5.41, 5.74) is 0. The fourth-order valence-electron chi connectivity index (χ4n) is 2.15. The van der Waals surface area contributed by atoms with Gasteiger partial charge in [-0.25, -0.2) is 0 Å². The Balaban J connectivity index is 2.00. The van der Waals surface area contributed by atoms with Crippen LogP contribution in [-0.2, 0) is 0 Å². The lowest BCUT2D eigenvalue weighted by Crippen LogP contribution is -2.44. The Bertz CT molecular complexity index is 399. The summed E-state index contributed by atoms with van der Waals surface area (Å²) in [6, 6.07) is 3.95. The number of piperidine rings is 1. The summed E-state index contributed by atoms with van der Waals surface area (Å²) in [6.45, 7) is 2.13. The molecular formula is C12H17ClN2OS. The molecule has 3 nitrogen and oxygen atoms in total. The van der Waals surface area contributed by atoms with Crippen LogP contribution < -0.4 is 0 Å². The molecule has 1 aromatic rings. The van der Waals surface area contributed by atoms with E-state index in [1.54, 1.807) is 12.1 Å². The van der Waals surface area contributed by atoms with Gasteiger partial charge in [-0.2, -0.15) is 0 Å². The van der Waals surface area contributed by atoms with Crippen LogP contribution in [0.5, 0.6) is 0 Å². The first-order chi connectivity index (χ1) is 8.08. The molecule has 0 aromatic carbocycles. The summed E-state index contributed by atoms with van der Waals surface area (Å²) in [6.07, 6.45) is 2.11. The Labute approximate surface area is 111 Å². The third-order valence-electron chi connectivity index (χ3n) is 3.34. The summed E-state index contributed by atoms with van der Waals surface area (Å²) >= 11 is 7.21. The number of hydrogen-bond donors (Lipinski definition) is 0. The zero-order valence-electron chi connectivity index (χ0n) is 10.1. The first-order valence-electron chi connectivity index (χ1n) is 5.79. The van der Waals surface area contributed by atoms with Crippen LogP contribution in [0.15, 0.2) is 12.1 Å². The van der Waals surface area contributed by atoms with Crippen molar-refractivity contribution < 1.29 is 4.79 Å². The first kappa shape index (κ1) is 12.9. The van der Waals surface area contributed by atoms with Gasteiger partial charge in [0.2, 0.25) is 0 Å². The van der Waals surface area contributed by atoms with Crippen molar-refractivity contribution >= 4 is 28.8 Å². The lowest BCUT2D eigenvalue weighted by Gasteiger charge is -2.34. The van der Waals surface area contributed by atoms with Crippen molar-refractivity contribution in [1.82, 2.24) is 9.80 Å². The lowest BCUT2D eigenvalue weighted by molar-refractivity contribution is 0.0664. The quantitative estimate of drug-likeness (QED) is 0.826. The highest BCUT2D eigenvalue weighted by molar-refractivity contribution is 7.17. The van der Waals surface area contributed by atoms with Crippen molar-refractivity contribution in [3.05, 3.63) is 21.3 Å². The van der Waals surface area contributed by atoms with Crippen molar-refractivity contribution in [1.29, 1.82) is 0 Å². The molecule has 2 rings (SSSR count). The fourth-order valence-corrected chi connectivity index (χ4v) is 3.18. The molecule has 5 heteroatoms. The third-order valence-corrected chi connectivity index (χ3v) is 4.56. The maximum atomic E-state index is 12.2. The molecule has 1 saturated heterocycles. The van der Waals surface area contributed by atoms with E-state index < -0.39 is 0 Å². The van der Waals surface area contributed by atoms with Gasteiger partial charge in [0.15, 0.2) is 0 Å². The second-order valence-electron chi connectivity index (χ2n) is 4.55. The molecule has 0 atom stereocenters. The van der Waals surface area contributed by atoms with Gasteiger partial charge in [0.05, 0.1) is 9.21 Å². The van der Waals surface area contributed by atoms with Crippen LogP contribution in [0.1, 0.15) is 22.5 Å². The molecule has 0 radical (unpaired) electrons. The highest BCUT2D eigenvalue weighted by Gasteiger charge is 2.25. The summed E-state index contributed by atoms with van der Waals surface area (Å²) < 4.78 is 0.671. The molecule has 0 spiro atoms.